The van der Waals surface area contributed by atoms with Crippen molar-refractivity contribution in [3.63, 3.8) is 0 Å². The van der Waals surface area contributed by atoms with Crippen molar-refractivity contribution in [1.29, 1.82) is 0 Å². The van der Waals surface area contributed by atoms with E-state index in [1.165, 1.54) is 36.6 Å². The van der Waals surface area contributed by atoms with Gasteiger partial charge in [-0.2, -0.15) is 0 Å². The fourth-order valence-corrected chi connectivity index (χ4v) is 4.28. The molecule has 0 saturated carbocycles. The molecule has 11 heteroatoms. The summed E-state index contributed by atoms with van der Waals surface area (Å²) in [5, 5.41) is 8.95. The molecule has 1 aromatic carbocycles. The first kappa shape index (κ1) is 23.1. The van der Waals surface area contributed by atoms with Crippen LogP contribution in [-0.2, 0) is 18.9 Å². The normalized spacial score (nSPS) is 15.2. The number of nitrogens with zero attached hydrogens (tertiary/aromatic N) is 3. The number of rotatable bonds is 7. The Bertz CT molecular complexity index is 1170. The second-order valence-corrected chi connectivity index (χ2v) is 8.55. The van der Waals surface area contributed by atoms with Gasteiger partial charge in [-0.15, -0.1) is 6.58 Å². The first-order valence-corrected chi connectivity index (χ1v) is 10.9. The Hall–Kier alpha value is -2.62. The number of hydrogen-bond acceptors (Lipinski definition) is 6. The fourth-order valence-electron chi connectivity index (χ4n) is 2.97. The lowest BCUT2D eigenvalue weighted by Gasteiger charge is -2.28. The van der Waals surface area contributed by atoms with E-state index in [0.717, 1.165) is 15.8 Å². The number of carbonyl (C=O) groups is 1. The molecule has 1 unspecified atom stereocenters. The highest BCUT2D eigenvalue weighted by Crippen LogP contribution is 2.32. The van der Waals surface area contributed by atoms with Crippen molar-refractivity contribution < 1.29 is 4.79 Å². The number of amides is 1. The third-order valence-corrected chi connectivity index (χ3v) is 6.37. The van der Waals surface area contributed by atoms with Crippen LogP contribution < -0.4 is 21.9 Å². The van der Waals surface area contributed by atoms with Gasteiger partial charge in [0.25, 0.3) is 5.56 Å². The lowest BCUT2D eigenvalue weighted by Crippen LogP contribution is -2.47. The highest BCUT2D eigenvalue weighted by Gasteiger charge is 2.27. The molecule has 1 aliphatic heterocycles. The summed E-state index contributed by atoms with van der Waals surface area (Å²) >= 11 is 13.5. The predicted molar refractivity (Wildman–Crippen MR) is 126 cm³/mol. The van der Waals surface area contributed by atoms with E-state index in [1.54, 1.807) is 23.1 Å². The molecule has 8 nitrogen and oxygen atoms in total. The summed E-state index contributed by atoms with van der Waals surface area (Å²) in [6.45, 7) is 3.91. The average molecular weight is 482 g/mol. The molecule has 164 valence electrons. The van der Waals surface area contributed by atoms with Crippen molar-refractivity contribution >= 4 is 52.3 Å². The fraction of sp³-hybridized carbons (Fsp3) is 0.250. The molecule has 0 radical (unpaired) electrons. The highest BCUT2D eigenvalue weighted by atomic mass is 35.5. The molecule has 31 heavy (non-hydrogen) atoms. The van der Waals surface area contributed by atoms with Crippen LogP contribution in [0, 0.1) is 0 Å². The van der Waals surface area contributed by atoms with Gasteiger partial charge in [0, 0.05) is 26.8 Å². The first-order valence-electron chi connectivity index (χ1n) is 9.21. The van der Waals surface area contributed by atoms with E-state index in [4.69, 9.17) is 23.2 Å². The van der Waals surface area contributed by atoms with Gasteiger partial charge in [-0.1, -0.05) is 47.1 Å². The van der Waals surface area contributed by atoms with E-state index in [1.807, 2.05) is 11.5 Å². The van der Waals surface area contributed by atoms with Gasteiger partial charge in [-0.3, -0.25) is 14.2 Å². The monoisotopic (exact) mass is 481 g/mol. The molecular formula is C20H21Cl2N5O3S. The Morgan fingerprint density at radius 3 is 2.74 bits per heavy atom. The summed E-state index contributed by atoms with van der Waals surface area (Å²) in [5.41, 5.74) is 0.529. The van der Waals surface area contributed by atoms with Gasteiger partial charge >= 0.3 is 5.69 Å². The second kappa shape index (κ2) is 9.67. The lowest BCUT2D eigenvalue weighted by atomic mass is 10.2. The van der Waals surface area contributed by atoms with Gasteiger partial charge in [0.15, 0.2) is 5.50 Å². The molecule has 0 saturated heterocycles. The summed E-state index contributed by atoms with van der Waals surface area (Å²) in [6, 6.07) is 5.30. The molecule has 2 N–H and O–H groups in total. The number of anilines is 1. The largest absolute Gasteiger partial charge is 0.370 e. The quantitative estimate of drug-likeness (QED) is 0.590. The van der Waals surface area contributed by atoms with Crippen LogP contribution in [0.3, 0.4) is 0 Å². The first-order chi connectivity index (χ1) is 14.7. The maximum absolute atomic E-state index is 12.9. The van der Waals surface area contributed by atoms with Crippen molar-refractivity contribution in [2.24, 2.45) is 14.1 Å². The van der Waals surface area contributed by atoms with Gasteiger partial charge in [-0.25, -0.2) is 4.79 Å². The summed E-state index contributed by atoms with van der Waals surface area (Å²) in [7, 11) is 2.92. The molecule has 0 bridgehead atoms. The molecule has 0 fully saturated rings. The zero-order valence-electron chi connectivity index (χ0n) is 16.9. The predicted octanol–water partition coefficient (Wildman–Crippen LogP) is 2.44. The van der Waals surface area contributed by atoms with E-state index < -0.39 is 11.2 Å². The van der Waals surface area contributed by atoms with Crippen molar-refractivity contribution in [3.05, 3.63) is 78.9 Å². The maximum Gasteiger partial charge on any atom is 0.330 e. The molecule has 2 heterocycles. The lowest BCUT2D eigenvalue weighted by molar-refractivity contribution is -0.129. The molecule has 1 amide bonds. The minimum absolute atomic E-state index is 0.123. The minimum atomic E-state index is -0.497. The van der Waals surface area contributed by atoms with Crippen LogP contribution in [0.15, 0.2) is 52.0 Å². The van der Waals surface area contributed by atoms with Gasteiger partial charge in [0.1, 0.15) is 5.69 Å². The number of hydrogen-bond donors (Lipinski definition) is 2. The maximum atomic E-state index is 12.9. The van der Waals surface area contributed by atoms with Crippen molar-refractivity contribution in [2.75, 3.05) is 18.4 Å². The number of aromatic nitrogens is 2. The van der Waals surface area contributed by atoms with E-state index in [2.05, 4.69) is 17.2 Å². The van der Waals surface area contributed by atoms with Crippen LogP contribution in [0.5, 0.6) is 0 Å². The molecule has 0 aliphatic carbocycles. The summed E-state index contributed by atoms with van der Waals surface area (Å²) in [6.07, 6.45) is 3.00. The van der Waals surface area contributed by atoms with E-state index in [0.29, 0.717) is 16.6 Å². The summed E-state index contributed by atoms with van der Waals surface area (Å²) in [5.74, 6) is -0.246. The minimum Gasteiger partial charge on any atom is -0.370 e. The topological polar surface area (TPSA) is 88.4 Å². The number of carbonyl (C=O) groups excluding carboxylic acids is 1. The van der Waals surface area contributed by atoms with Crippen molar-refractivity contribution in [1.82, 2.24) is 19.4 Å². The molecule has 1 aliphatic rings. The van der Waals surface area contributed by atoms with E-state index in [9.17, 15) is 14.4 Å². The summed E-state index contributed by atoms with van der Waals surface area (Å²) < 4.78 is 2.26. The molecule has 1 atom stereocenters. The number of aryl methyl sites for hydroxylation is 1. The average Bonchev–Trinajstić information content (AvgIpc) is 3.23. The second-order valence-electron chi connectivity index (χ2n) is 6.78. The zero-order chi connectivity index (χ0) is 22.7. The van der Waals surface area contributed by atoms with Crippen LogP contribution in [0.4, 0.5) is 5.69 Å². The number of halogens is 2. The van der Waals surface area contributed by atoms with Gasteiger partial charge in [0.2, 0.25) is 5.91 Å². The zero-order valence-corrected chi connectivity index (χ0v) is 19.2. The van der Waals surface area contributed by atoms with Crippen LogP contribution >= 0.6 is 35.0 Å². The Balaban J connectivity index is 1.70. The Labute approximate surface area is 193 Å². The van der Waals surface area contributed by atoms with Crippen LogP contribution in [0.25, 0.3) is 5.70 Å². The molecule has 1 aromatic heterocycles. The molecule has 0 spiro atoms. The van der Waals surface area contributed by atoms with E-state index in [-0.39, 0.29) is 23.6 Å². The van der Waals surface area contributed by atoms with Gasteiger partial charge in [0.05, 0.1) is 22.3 Å². The van der Waals surface area contributed by atoms with Crippen molar-refractivity contribution in [3.8, 4) is 0 Å². The molecule has 3 rings (SSSR count). The number of thioether (sulfide) groups is 1. The third-order valence-electron chi connectivity index (χ3n) is 4.63. The number of benzene rings is 1. The van der Waals surface area contributed by atoms with Crippen LogP contribution in [0.2, 0.25) is 10.0 Å². The van der Waals surface area contributed by atoms with Gasteiger partial charge in [-0.05, 0) is 23.1 Å². The third kappa shape index (κ3) is 5.00. The summed E-state index contributed by atoms with van der Waals surface area (Å²) in [4.78, 5) is 38.6. The van der Waals surface area contributed by atoms with Crippen LogP contribution in [-0.4, -0.2) is 38.5 Å². The highest BCUT2D eigenvalue weighted by molar-refractivity contribution is 8.03. The smallest absolute Gasteiger partial charge is 0.330 e. The Morgan fingerprint density at radius 2 is 2.06 bits per heavy atom. The van der Waals surface area contributed by atoms with Gasteiger partial charge < -0.3 is 20.1 Å². The van der Waals surface area contributed by atoms with E-state index >= 15 is 0 Å². The Morgan fingerprint density at radius 1 is 1.32 bits per heavy atom. The Kier molecular flexibility index (Phi) is 7.19. The number of nitrogens with one attached hydrogen (secondary N) is 2. The van der Waals surface area contributed by atoms with Crippen molar-refractivity contribution in [2.45, 2.75) is 5.50 Å². The van der Waals surface area contributed by atoms with Crippen LogP contribution in [0.1, 0.15) is 5.56 Å². The molecular weight excluding hydrogens is 461 g/mol. The standard InChI is InChI=1S/C20H21Cl2N5O3S/c1-4-7-27(17(28)9-23-15-10-25(2)20(30)26(3)18(15)29)19-24-16(11-31-19)12-5-6-13(21)14(22)8-12/h4-6,8,10-11,19,23-24H,1,7,9H2,2-3H3. The SMILES string of the molecule is C=CCN(C(=O)CNc1cn(C)c(=O)n(C)c1=O)C1NC(c2ccc(Cl)c(Cl)c2)=CS1. The molecule has 2 aromatic rings.